The van der Waals surface area contributed by atoms with E-state index in [2.05, 4.69) is 0 Å². The number of hydrogen-bond donors (Lipinski definition) is 0. The number of ether oxygens (including phenoxy) is 6. The Morgan fingerprint density at radius 2 is 0.857 bits per heavy atom. The molecule has 0 aliphatic carbocycles. The van der Waals surface area contributed by atoms with Crippen molar-refractivity contribution in [2.45, 2.75) is 27.7 Å². The van der Waals surface area contributed by atoms with Crippen LogP contribution in [0.25, 0.3) is 11.1 Å². The molecule has 0 aliphatic heterocycles. The molecule has 0 amide bonds. The highest BCUT2D eigenvalue weighted by Crippen LogP contribution is 2.39. The van der Waals surface area contributed by atoms with E-state index in [1.807, 2.05) is 27.7 Å². The Balaban J connectivity index is 1.79. The van der Waals surface area contributed by atoms with E-state index in [0.29, 0.717) is 70.0 Å². The second kappa shape index (κ2) is 13.6. The fraction of sp³-hybridized carbons (Fsp3) is 0.235. The van der Waals surface area contributed by atoms with Gasteiger partial charge in [0, 0.05) is 11.1 Å². The molecule has 0 saturated heterocycles. The summed E-state index contributed by atoms with van der Waals surface area (Å²) in [6.07, 6.45) is 0. The van der Waals surface area contributed by atoms with Crippen LogP contribution in [-0.4, -0.2) is 39.4 Å². The van der Waals surface area contributed by atoms with Crippen LogP contribution in [0.1, 0.15) is 45.7 Å². The molecule has 0 aromatic heterocycles. The lowest BCUT2D eigenvalue weighted by atomic mass is 9.88. The normalized spacial score (nSPS) is 10.5. The van der Waals surface area contributed by atoms with E-state index in [9.17, 15) is 9.59 Å². The molecule has 8 nitrogen and oxygen atoms in total. The standard InChI is InChI=1S/C34H34O8/c1-7-39-23-9-13-25(14-10-23)41-33(35)29-19-27(37-5)17-21(3)31(29)32-22(4)18-28(38-6)20-30(32)34(36)42-26-15-11-24(12-16-26)40-8-2/h9-20H,7-8H2,1-6H3. The van der Waals surface area contributed by atoms with Gasteiger partial charge in [-0.3, -0.25) is 0 Å². The maximum absolute atomic E-state index is 13.7. The quantitative estimate of drug-likeness (QED) is 0.138. The second-order valence-electron chi connectivity index (χ2n) is 9.32. The molecule has 0 bridgehead atoms. The second-order valence-corrected chi connectivity index (χ2v) is 9.32. The number of aryl methyl sites for hydroxylation is 2. The van der Waals surface area contributed by atoms with Crippen molar-refractivity contribution in [2.75, 3.05) is 27.4 Å². The van der Waals surface area contributed by atoms with Gasteiger partial charge < -0.3 is 28.4 Å². The van der Waals surface area contributed by atoms with Crippen molar-refractivity contribution in [3.05, 3.63) is 95.1 Å². The van der Waals surface area contributed by atoms with E-state index in [1.54, 1.807) is 72.8 Å². The van der Waals surface area contributed by atoms with E-state index in [-0.39, 0.29) is 11.1 Å². The third-order valence-electron chi connectivity index (χ3n) is 6.47. The Morgan fingerprint density at radius 3 is 1.17 bits per heavy atom. The van der Waals surface area contributed by atoms with Gasteiger partial charge in [-0.1, -0.05) is 0 Å². The number of rotatable bonds is 11. The first-order valence-electron chi connectivity index (χ1n) is 13.6. The van der Waals surface area contributed by atoms with Gasteiger partial charge in [-0.15, -0.1) is 0 Å². The molecule has 0 heterocycles. The Bertz CT molecular complexity index is 1440. The van der Waals surface area contributed by atoms with Crippen molar-refractivity contribution < 1.29 is 38.0 Å². The summed E-state index contributed by atoms with van der Waals surface area (Å²) in [7, 11) is 3.04. The van der Waals surface area contributed by atoms with Crippen molar-refractivity contribution >= 4 is 11.9 Å². The van der Waals surface area contributed by atoms with Crippen LogP contribution in [-0.2, 0) is 0 Å². The van der Waals surface area contributed by atoms with Gasteiger partial charge in [-0.25, -0.2) is 9.59 Å². The monoisotopic (exact) mass is 570 g/mol. The first-order chi connectivity index (χ1) is 20.3. The van der Waals surface area contributed by atoms with Gasteiger partial charge >= 0.3 is 11.9 Å². The van der Waals surface area contributed by atoms with Crippen LogP contribution in [0, 0.1) is 13.8 Å². The topological polar surface area (TPSA) is 89.5 Å². The van der Waals surface area contributed by atoms with E-state index in [1.165, 1.54) is 14.2 Å². The third kappa shape index (κ3) is 6.83. The molecule has 0 fully saturated rings. The van der Waals surface area contributed by atoms with Crippen LogP contribution in [0.5, 0.6) is 34.5 Å². The summed E-state index contributed by atoms with van der Waals surface area (Å²) >= 11 is 0. The molecule has 0 aliphatic rings. The Hall–Kier alpha value is -4.98. The lowest BCUT2D eigenvalue weighted by Crippen LogP contribution is -2.15. The highest BCUT2D eigenvalue weighted by atomic mass is 16.5. The minimum Gasteiger partial charge on any atom is -0.497 e. The first-order valence-corrected chi connectivity index (χ1v) is 13.6. The zero-order chi connectivity index (χ0) is 30.2. The van der Waals surface area contributed by atoms with E-state index < -0.39 is 11.9 Å². The summed E-state index contributed by atoms with van der Waals surface area (Å²) in [4.78, 5) is 27.3. The highest BCUT2D eigenvalue weighted by Gasteiger charge is 2.26. The molecule has 218 valence electrons. The number of methoxy groups -OCH3 is 2. The van der Waals surface area contributed by atoms with Gasteiger partial charge in [0.1, 0.15) is 34.5 Å². The average molecular weight is 571 g/mol. The molecule has 0 N–H and O–H groups in total. The fourth-order valence-corrected chi connectivity index (χ4v) is 4.59. The molecule has 4 aromatic rings. The van der Waals surface area contributed by atoms with Crippen LogP contribution in [0.4, 0.5) is 0 Å². The smallest absolute Gasteiger partial charge is 0.344 e. The van der Waals surface area contributed by atoms with Crippen molar-refractivity contribution in [2.24, 2.45) is 0 Å². The summed E-state index contributed by atoms with van der Waals surface area (Å²) in [5.74, 6) is 1.74. The van der Waals surface area contributed by atoms with Crippen LogP contribution in [0.2, 0.25) is 0 Å². The Labute approximate surface area is 245 Å². The van der Waals surface area contributed by atoms with Crippen LogP contribution in [0.15, 0.2) is 72.8 Å². The highest BCUT2D eigenvalue weighted by molar-refractivity contribution is 6.06. The maximum Gasteiger partial charge on any atom is 0.344 e. The summed E-state index contributed by atoms with van der Waals surface area (Å²) in [5.41, 5.74) is 2.90. The van der Waals surface area contributed by atoms with E-state index >= 15 is 0 Å². The molecule has 4 rings (SSSR count). The summed E-state index contributed by atoms with van der Waals surface area (Å²) in [6, 6.07) is 20.4. The lowest BCUT2D eigenvalue weighted by Gasteiger charge is -2.20. The van der Waals surface area contributed by atoms with Gasteiger partial charge in [0.25, 0.3) is 0 Å². The maximum atomic E-state index is 13.7. The predicted octanol–water partition coefficient (Wildman–Crippen LogP) is 7.22. The fourth-order valence-electron chi connectivity index (χ4n) is 4.59. The molecule has 4 aromatic carbocycles. The average Bonchev–Trinajstić information content (AvgIpc) is 2.99. The predicted molar refractivity (Wildman–Crippen MR) is 160 cm³/mol. The minimum atomic E-state index is -0.614. The van der Waals surface area contributed by atoms with Gasteiger partial charge in [0.15, 0.2) is 0 Å². The van der Waals surface area contributed by atoms with E-state index in [4.69, 9.17) is 28.4 Å². The number of esters is 2. The SMILES string of the molecule is CCOc1ccc(OC(=O)c2cc(OC)cc(C)c2-c2c(C)cc(OC)cc2C(=O)Oc2ccc(OCC)cc2)cc1. The van der Waals surface area contributed by atoms with Crippen LogP contribution in [0.3, 0.4) is 0 Å². The summed E-state index contributed by atoms with van der Waals surface area (Å²) in [6.45, 7) is 8.52. The third-order valence-corrected chi connectivity index (χ3v) is 6.47. The van der Waals surface area contributed by atoms with E-state index in [0.717, 1.165) is 0 Å². The Morgan fingerprint density at radius 1 is 0.524 bits per heavy atom. The molecule has 8 heteroatoms. The Kier molecular flexibility index (Phi) is 9.70. The molecule has 0 unspecified atom stereocenters. The molecule has 0 saturated carbocycles. The van der Waals surface area contributed by atoms with Crippen molar-refractivity contribution in [1.82, 2.24) is 0 Å². The molecule has 0 spiro atoms. The van der Waals surface area contributed by atoms with Gasteiger partial charge in [0.2, 0.25) is 0 Å². The molecular weight excluding hydrogens is 536 g/mol. The largest absolute Gasteiger partial charge is 0.497 e. The van der Waals surface area contributed by atoms with Crippen molar-refractivity contribution in [3.8, 4) is 45.6 Å². The van der Waals surface area contributed by atoms with Crippen LogP contribution >= 0.6 is 0 Å². The summed E-state index contributed by atoms with van der Waals surface area (Å²) in [5, 5.41) is 0. The number of benzene rings is 4. The number of carbonyl (C=O) groups is 2. The lowest BCUT2D eigenvalue weighted by molar-refractivity contribution is 0.0723. The molecular formula is C34H34O8. The summed E-state index contributed by atoms with van der Waals surface area (Å²) < 4.78 is 33.4. The zero-order valence-corrected chi connectivity index (χ0v) is 24.6. The first kappa shape index (κ1) is 30.0. The van der Waals surface area contributed by atoms with Gasteiger partial charge in [-0.2, -0.15) is 0 Å². The minimum absolute atomic E-state index is 0.226. The van der Waals surface area contributed by atoms with Gasteiger partial charge in [-0.05, 0) is 112 Å². The number of carbonyl (C=O) groups excluding carboxylic acids is 2. The van der Waals surface area contributed by atoms with Gasteiger partial charge in [0.05, 0.1) is 38.6 Å². The molecule has 0 radical (unpaired) electrons. The number of hydrogen-bond acceptors (Lipinski definition) is 8. The molecule has 42 heavy (non-hydrogen) atoms. The zero-order valence-electron chi connectivity index (χ0n) is 24.6. The van der Waals surface area contributed by atoms with Crippen molar-refractivity contribution in [3.63, 3.8) is 0 Å². The van der Waals surface area contributed by atoms with Crippen LogP contribution < -0.4 is 28.4 Å². The molecule has 0 atom stereocenters. The van der Waals surface area contributed by atoms with Crippen molar-refractivity contribution in [1.29, 1.82) is 0 Å².